The van der Waals surface area contributed by atoms with Crippen LogP contribution in [0.15, 0.2) is 54.2 Å². The van der Waals surface area contributed by atoms with E-state index in [0.717, 1.165) is 18.4 Å². The minimum absolute atomic E-state index is 0.0525. The second kappa shape index (κ2) is 9.75. The average Bonchev–Trinajstić information content (AvgIpc) is 2.78. The van der Waals surface area contributed by atoms with Gasteiger partial charge in [-0.2, -0.15) is 5.26 Å². The first-order valence-electron chi connectivity index (χ1n) is 9.99. The number of methoxy groups -OCH3 is 1. The summed E-state index contributed by atoms with van der Waals surface area (Å²) in [4.78, 5) is 24.2. The molecule has 3 rings (SSSR count). The summed E-state index contributed by atoms with van der Waals surface area (Å²) in [5, 5.41) is 15.2. The topological polar surface area (TPSA) is 91.2 Å². The first-order valence-corrected chi connectivity index (χ1v) is 9.99. The third kappa shape index (κ3) is 5.06. The molecule has 2 aromatic carbocycles. The number of carbonyl (C=O) groups excluding carboxylic acids is 2. The zero-order chi connectivity index (χ0) is 21.5. The average molecular weight is 403 g/mol. The molecule has 1 atom stereocenters. The molecule has 0 aliphatic heterocycles. The number of amides is 1. The number of hydrogen-bond donors (Lipinski definition) is 2. The standard InChI is InChI=1S/C24H25N3O3/c1-16(18-11-10-17-6-3-4-7-19(17)12-18)27-23(28)21(14-25)15-26-22-9-5-8-20(13-22)24(29)30-2/h5,8-13,15-16,26H,3-4,6-7H2,1-2H3,(H,27,28)/b21-15-. The van der Waals surface area contributed by atoms with E-state index in [4.69, 9.17) is 4.74 Å². The molecule has 0 bridgehead atoms. The number of anilines is 1. The van der Waals surface area contributed by atoms with Gasteiger partial charge in [-0.25, -0.2) is 4.79 Å². The highest BCUT2D eigenvalue weighted by atomic mass is 16.5. The minimum Gasteiger partial charge on any atom is -0.465 e. The summed E-state index contributed by atoms with van der Waals surface area (Å²) in [6.07, 6.45) is 5.94. The van der Waals surface area contributed by atoms with E-state index in [1.807, 2.05) is 19.1 Å². The molecule has 2 aromatic rings. The van der Waals surface area contributed by atoms with E-state index < -0.39 is 11.9 Å². The molecular weight excluding hydrogens is 378 g/mol. The highest BCUT2D eigenvalue weighted by Crippen LogP contribution is 2.25. The predicted molar refractivity (Wildman–Crippen MR) is 115 cm³/mol. The van der Waals surface area contributed by atoms with Crippen LogP contribution in [-0.2, 0) is 22.4 Å². The van der Waals surface area contributed by atoms with Crippen molar-refractivity contribution in [2.24, 2.45) is 0 Å². The molecule has 154 valence electrons. The lowest BCUT2D eigenvalue weighted by Crippen LogP contribution is -2.28. The van der Waals surface area contributed by atoms with Gasteiger partial charge in [0.25, 0.3) is 5.91 Å². The SMILES string of the molecule is COC(=O)c1cccc(N/C=C(/C#N)C(=O)NC(C)c2ccc3c(c2)CCCC3)c1. The smallest absolute Gasteiger partial charge is 0.337 e. The van der Waals surface area contributed by atoms with Gasteiger partial charge in [0, 0.05) is 11.9 Å². The molecule has 6 heteroatoms. The zero-order valence-electron chi connectivity index (χ0n) is 17.2. The molecule has 1 amide bonds. The number of benzene rings is 2. The molecule has 0 aromatic heterocycles. The van der Waals surface area contributed by atoms with Crippen LogP contribution in [0.2, 0.25) is 0 Å². The molecule has 2 N–H and O–H groups in total. The van der Waals surface area contributed by atoms with Crippen molar-refractivity contribution >= 4 is 17.6 Å². The zero-order valence-corrected chi connectivity index (χ0v) is 17.2. The third-order valence-electron chi connectivity index (χ3n) is 5.25. The van der Waals surface area contributed by atoms with Gasteiger partial charge in [0.15, 0.2) is 0 Å². The number of nitrogens with zero attached hydrogens (tertiary/aromatic N) is 1. The van der Waals surface area contributed by atoms with Gasteiger partial charge in [0.05, 0.1) is 18.7 Å². The molecule has 0 spiro atoms. The molecule has 0 radical (unpaired) electrons. The van der Waals surface area contributed by atoms with Crippen LogP contribution in [0.1, 0.15) is 52.9 Å². The van der Waals surface area contributed by atoms with Crippen LogP contribution < -0.4 is 10.6 Å². The van der Waals surface area contributed by atoms with Crippen molar-refractivity contribution in [2.75, 3.05) is 12.4 Å². The second-order valence-corrected chi connectivity index (χ2v) is 7.32. The first-order chi connectivity index (χ1) is 14.5. The number of nitriles is 1. The highest BCUT2D eigenvalue weighted by Gasteiger charge is 2.16. The molecule has 6 nitrogen and oxygen atoms in total. The summed E-state index contributed by atoms with van der Waals surface area (Å²) < 4.78 is 4.70. The van der Waals surface area contributed by atoms with Gasteiger partial charge in [-0.05, 0) is 67.5 Å². The lowest BCUT2D eigenvalue weighted by Gasteiger charge is -2.20. The number of nitrogens with one attached hydrogen (secondary N) is 2. The Morgan fingerprint density at radius 1 is 1.13 bits per heavy atom. The maximum Gasteiger partial charge on any atom is 0.337 e. The molecule has 1 aliphatic carbocycles. The van der Waals surface area contributed by atoms with Crippen molar-refractivity contribution in [3.05, 3.63) is 76.5 Å². The van der Waals surface area contributed by atoms with Crippen LogP contribution >= 0.6 is 0 Å². The van der Waals surface area contributed by atoms with E-state index in [0.29, 0.717) is 11.3 Å². The van der Waals surface area contributed by atoms with Crippen LogP contribution in [-0.4, -0.2) is 19.0 Å². The molecule has 0 fully saturated rings. The number of carbonyl (C=O) groups is 2. The van der Waals surface area contributed by atoms with Crippen molar-refractivity contribution in [3.8, 4) is 6.07 Å². The summed E-state index contributed by atoms with van der Waals surface area (Å²) in [6.45, 7) is 1.91. The van der Waals surface area contributed by atoms with Crippen molar-refractivity contribution in [3.63, 3.8) is 0 Å². The van der Waals surface area contributed by atoms with Crippen LogP contribution in [0.3, 0.4) is 0 Å². The van der Waals surface area contributed by atoms with E-state index in [1.54, 1.807) is 24.3 Å². The molecule has 1 aliphatic rings. The lowest BCUT2D eigenvalue weighted by molar-refractivity contribution is -0.117. The summed E-state index contributed by atoms with van der Waals surface area (Å²) in [5.41, 5.74) is 4.66. The van der Waals surface area contributed by atoms with Crippen LogP contribution in [0.25, 0.3) is 0 Å². The van der Waals surface area contributed by atoms with Gasteiger partial charge in [-0.1, -0.05) is 24.3 Å². The van der Waals surface area contributed by atoms with Crippen LogP contribution in [0.5, 0.6) is 0 Å². The molecule has 0 saturated heterocycles. The number of aryl methyl sites for hydroxylation is 2. The fraction of sp³-hybridized carbons (Fsp3) is 0.292. The second-order valence-electron chi connectivity index (χ2n) is 7.32. The largest absolute Gasteiger partial charge is 0.465 e. The fourth-order valence-corrected chi connectivity index (χ4v) is 3.54. The van der Waals surface area contributed by atoms with Gasteiger partial charge in [0.2, 0.25) is 0 Å². The Labute approximate surface area is 176 Å². The van der Waals surface area contributed by atoms with Gasteiger partial charge < -0.3 is 15.4 Å². The molecule has 1 unspecified atom stereocenters. The van der Waals surface area contributed by atoms with E-state index in [9.17, 15) is 14.9 Å². The quantitative estimate of drug-likeness (QED) is 0.431. The normalized spacial score (nSPS) is 14.1. The van der Waals surface area contributed by atoms with Crippen molar-refractivity contribution < 1.29 is 14.3 Å². The Kier molecular flexibility index (Phi) is 6.87. The number of hydrogen-bond acceptors (Lipinski definition) is 5. The van der Waals surface area contributed by atoms with E-state index in [1.165, 1.54) is 37.3 Å². The van der Waals surface area contributed by atoms with E-state index in [2.05, 4.69) is 22.8 Å². The molecule has 0 saturated carbocycles. The Hall–Kier alpha value is -3.59. The number of rotatable bonds is 6. The summed E-state index contributed by atoms with van der Waals surface area (Å²) >= 11 is 0. The summed E-state index contributed by atoms with van der Waals surface area (Å²) in [6, 6.07) is 14.7. The summed E-state index contributed by atoms with van der Waals surface area (Å²) in [7, 11) is 1.31. The first kappa shape index (κ1) is 21.1. The number of esters is 1. The van der Waals surface area contributed by atoms with Gasteiger partial charge in [-0.15, -0.1) is 0 Å². The van der Waals surface area contributed by atoms with Gasteiger partial charge in [0.1, 0.15) is 11.6 Å². The lowest BCUT2D eigenvalue weighted by atomic mass is 9.89. The van der Waals surface area contributed by atoms with Crippen LogP contribution in [0.4, 0.5) is 5.69 Å². The Bertz CT molecular complexity index is 1020. The maximum atomic E-state index is 12.6. The molecule has 30 heavy (non-hydrogen) atoms. The number of ether oxygens (including phenoxy) is 1. The number of fused-ring (bicyclic) bond motifs is 1. The van der Waals surface area contributed by atoms with Crippen molar-refractivity contribution in [1.29, 1.82) is 5.26 Å². The van der Waals surface area contributed by atoms with Gasteiger partial charge in [-0.3, -0.25) is 4.79 Å². The summed E-state index contributed by atoms with van der Waals surface area (Å²) in [5.74, 6) is -0.918. The van der Waals surface area contributed by atoms with Crippen molar-refractivity contribution in [2.45, 2.75) is 38.6 Å². The monoisotopic (exact) mass is 403 g/mol. The Morgan fingerprint density at radius 2 is 1.90 bits per heavy atom. The van der Waals surface area contributed by atoms with E-state index in [-0.39, 0.29) is 11.6 Å². The third-order valence-corrected chi connectivity index (χ3v) is 5.25. The molecular formula is C24H25N3O3. The highest BCUT2D eigenvalue weighted by molar-refractivity contribution is 5.97. The fourth-order valence-electron chi connectivity index (χ4n) is 3.54. The molecule has 0 heterocycles. The van der Waals surface area contributed by atoms with Crippen molar-refractivity contribution in [1.82, 2.24) is 5.32 Å². The predicted octanol–water partition coefficient (Wildman–Crippen LogP) is 4.05. The Balaban J connectivity index is 1.67. The minimum atomic E-state index is -0.459. The maximum absolute atomic E-state index is 12.6. The van der Waals surface area contributed by atoms with E-state index >= 15 is 0 Å². The van der Waals surface area contributed by atoms with Crippen LogP contribution in [0, 0.1) is 11.3 Å². The Morgan fingerprint density at radius 3 is 2.63 bits per heavy atom. The van der Waals surface area contributed by atoms with Gasteiger partial charge >= 0.3 is 5.97 Å².